The molecule has 1 aliphatic rings. The predicted octanol–water partition coefficient (Wildman–Crippen LogP) is 4.35. The van der Waals surface area contributed by atoms with Gasteiger partial charge in [-0.2, -0.15) is 4.98 Å². The first-order valence-electron chi connectivity index (χ1n) is 14.0. The third kappa shape index (κ3) is 7.04. The van der Waals surface area contributed by atoms with E-state index in [1.165, 1.54) is 7.11 Å². The maximum atomic E-state index is 13.7. The number of methoxy groups -OCH3 is 1. The molecule has 0 aliphatic carbocycles. The van der Waals surface area contributed by atoms with Gasteiger partial charge in [0.1, 0.15) is 5.69 Å². The van der Waals surface area contributed by atoms with Crippen LogP contribution in [0, 0.1) is 0 Å². The Kier molecular flexibility index (Phi) is 8.68. The number of nitrogens with one attached hydrogen (secondary N) is 3. The molecule has 0 atom stereocenters. The average molecular weight is 624 g/mol. The molecular weight excluding hydrogens is 586 g/mol. The Balaban J connectivity index is 1.45. The zero-order valence-electron chi connectivity index (χ0n) is 25.6. The number of aromatic nitrogens is 3. The minimum Gasteiger partial charge on any atom is -0.492 e. The summed E-state index contributed by atoms with van der Waals surface area (Å²) in [5, 5.41) is 5.70. The summed E-state index contributed by atoms with van der Waals surface area (Å²) in [6.45, 7) is 8.66. The molecule has 0 bridgehead atoms. The summed E-state index contributed by atoms with van der Waals surface area (Å²) >= 11 is 0. The SMILES string of the molecule is COc1c(NC(=O)c2cc3cccc(Oc4ccnc(NN5CCOCC5)n4)c3n2C)cc(C(C)(C)C)cc1NS(C)(=O)=O. The first-order chi connectivity index (χ1) is 20.8. The van der Waals surface area contributed by atoms with Crippen molar-refractivity contribution in [3.05, 3.63) is 59.9 Å². The van der Waals surface area contributed by atoms with Crippen LogP contribution < -0.4 is 24.9 Å². The van der Waals surface area contributed by atoms with Gasteiger partial charge in [-0.3, -0.25) is 14.9 Å². The molecular formula is C30H37N7O6S. The van der Waals surface area contributed by atoms with Crippen LogP contribution in [-0.4, -0.2) is 73.5 Å². The van der Waals surface area contributed by atoms with Gasteiger partial charge in [-0.1, -0.05) is 32.9 Å². The summed E-state index contributed by atoms with van der Waals surface area (Å²) in [4.78, 5) is 22.5. The number of fused-ring (bicyclic) bond motifs is 1. The van der Waals surface area contributed by atoms with Crippen molar-refractivity contribution in [1.29, 1.82) is 0 Å². The number of benzene rings is 2. The highest BCUT2D eigenvalue weighted by molar-refractivity contribution is 7.92. The van der Waals surface area contributed by atoms with E-state index in [2.05, 4.69) is 25.4 Å². The number of morpholine rings is 1. The zero-order chi connectivity index (χ0) is 31.6. The highest BCUT2D eigenvalue weighted by Gasteiger charge is 2.24. The quantitative estimate of drug-likeness (QED) is 0.246. The van der Waals surface area contributed by atoms with E-state index < -0.39 is 15.9 Å². The number of ether oxygens (including phenoxy) is 3. The van der Waals surface area contributed by atoms with Gasteiger partial charge in [-0.05, 0) is 35.2 Å². The van der Waals surface area contributed by atoms with E-state index in [1.54, 1.807) is 48.1 Å². The second-order valence-corrected chi connectivity index (χ2v) is 13.2. The second kappa shape index (κ2) is 12.3. The van der Waals surface area contributed by atoms with Gasteiger partial charge < -0.3 is 24.1 Å². The lowest BCUT2D eigenvalue weighted by Crippen LogP contribution is -2.40. The number of nitrogens with zero attached hydrogens (tertiary/aromatic N) is 4. The summed E-state index contributed by atoms with van der Waals surface area (Å²) in [6.07, 6.45) is 2.67. The van der Waals surface area contributed by atoms with Crippen LogP contribution in [0.2, 0.25) is 0 Å². The zero-order valence-corrected chi connectivity index (χ0v) is 26.4. The number of para-hydroxylation sites is 1. The first kappa shape index (κ1) is 31.0. The average Bonchev–Trinajstić information content (AvgIpc) is 3.29. The normalized spacial score (nSPS) is 14.3. The van der Waals surface area contributed by atoms with E-state index in [4.69, 9.17) is 14.2 Å². The van der Waals surface area contributed by atoms with Crippen molar-refractivity contribution < 1.29 is 27.4 Å². The number of rotatable bonds is 9. The molecule has 3 heterocycles. The summed E-state index contributed by atoms with van der Waals surface area (Å²) < 4.78 is 45.6. The molecule has 2 aromatic carbocycles. The Hall–Kier alpha value is -4.40. The van der Waals surface area contributed by atoms with Crippen molar-refractivity contribution >= 4 is 44.2 Å². The van der Waals surface area contributed by atoms with Crippen LogP contribution in [0.1, 0.15) is 36.8 Å². The van der Waals surface area contributed by atoms with Gasteiger partial charge in [0.05, 0.1) is 43.5 Å². The van der Waals surface area contributed by atoms with Gasteiger partial charge in [0.25, 0.3) is 5.91 Å². The molecule has 5 rings (SSSR count). The van der Waals surface area contributed by atoms with Crippen molar-refractivity contribution in [3.8, 4) is 17.4 Å². The number of sulfonamides is 1. The summed E-state index contributed by atoms with van der Waals surface area (Å²) in [5.74, 6) is 1.03. The fourth-order valence-corrected chi connectivity index (χ4v) is 5.45. The number of hydrazine groups is 1. The van der Waals surface area contributed by atoms with Crippen LogP contribution >= 0.6 is 0 Å². The summed E-state index contributed by atoms with van der Waals surface area (Å²) in [6, 6.07) is 12.5. The summed E-state index contributed by atoms with van der Waals surface area (Å²) in [7, 11) is -0.422. The smallest absolute Gasteiger partial charge is 0.272 e. The van der Waals surface area contributed by atoms with Crippen LogP contribution in [0.3, 0.4) is 0 Å². The number of amides is 1. The van der Waals surface area contributed by atoms with Crippen molar-refractivity contribution in [1.82, 2.24) is 19.5 Å². The molecule has 2 aromatic heterocycles. The fourth-order valence-electron chi connectivity index (χ4n) is 4.90. The molecule has 1 saturated heterocycles. The number of carbonyl (C=O) groups is 1. The van der Waals surface area contributed by atoms with E-state index in [9.17, 15) is 13.2 Å². The van der Waals surface area contributed by atoms with E-state index in [0.29, 0.717) is 60.8 Å². The van der Waals surface area contributed by atoms with Crippen molar-refractivity contribution in [2.75, 3.05) is 55.1 Å². The van der Waals surface area contributed by atoms with E-state index >= 15 is 0 Å². The Morgan fingerprint density at radius 3 is 2.48 bits per heavy atom. The van der Waals surface area contributed by atoms with Gasteiger partial charge in [0.15, 0.2) is 11.5 Å². The van der Waals surface area contributed by atoms with Gasteiger partial charge in [0.2, 0.25) is 21.9 Å². The second-order valence-electron chi connectivity index (χ2n) is 11.5. The number of hydrogen-bond donors (Lipinski definition) is 3. The lowest BCUT2D eigenvalue weighted by Gasteiger charge is -2.26. The Labute approximate surface area is 256 Å². The van der Waals surface area contributed by atoms with Gasteiger partial charge >= 0.3 is 0 Å². The van der Waals surface area contributed by atoms with E-state index in [1.807, 2.05) is 37.9 Å². The minimum atomic E-state index is -3.62. The maximum Gasteiger partial charge on any atom is 0.272 e. The Morgan fingerprint density at radius 2 is 1.80 bits per heavy atom. The Bertz CT molecular complexity index is 1790. The number of aryl methyl sites for hydroxylation is 1. The molecule has 0 unspecified atom stereocenters. The standard InChI is InChI=1S/C30H37N7O6S/c1-30(2,3)20-17-21(27(41-5)22(18-20)35-44(6,39)40)32-28(38)23-16-19-8-7-9-24(26(19)36(23)4)43-25-10-11-31-29(33-25)34-37-12-14-42-15-13-37/h7-11,16-18,35H,12-15H2,1-6H3,(H,32,38)(H,31,33,34). The van der Waals surface area contributed by atoms with Gasteiger partial charge in [-0.15, -0.1) is 0 Å². The monoisotopic (exact) mass is 623 g/mol. The molecule has 0 spiro atoms. The molecule has 3 N–H and O–H groups in total. The first-order valence-corrected chi connectivity index (χ1v) is 15.9. The lowest BCUT2D eigenvalue weighted by atomic mass is 9.86. The van der Waals surface area contributed by atoms with Crippen LogP contribution in [0.4, 0.5) is 17.3 Å². The molecule has 44 heavy (non-hydrogen) atoms. The van der Waals surface area contributed by atoms with Gasteiger partial charge in [-0.25, -0.2) is 18.4 Å². The minimum absolute atomic E-state index is 0.199. The predicted molar refractivity (Wildman–Crippen MR) is 169 cm³/mol. The molecule has 234 valence electrons. The van der Waals surface area contributed by atoms with Crippen molar-refractivity contribution in [2.24, 2.45) is 7.05 Å². The molecule has 13 nitrogen and oxygen atoms in total. The summed E-state index contributed by atoms with van der Waals surface area (Å²) in [5.41, 5.74) is 5.25. The number of carbonyl (C=O) groups excluding carboxylic acids is 1. The lowest BCUT2D eigenvalue weighted by molar-refractivity contribution is 0.0492. The molecule has 4 aromatic rings. The molecule has 0 radical (unpaired) electrons. The van der Waals surface area contributed by atoms with Crippen LogP contribution in [0.5, 0.6) is 17.4 Å². The highest BCUT2D eigenvalue weighted by atomic mass is 32.2. The van der Waals surface area contributed by atoms with Crippen LogP contribution in [-0.2, 0) is 27.2 Å². The fraction of sp³-hybridized carbons (Fsp3) is 0.367. The van der Waals surface area contributed by atoms with Gasteiger partial charge in [0, 0.05) is 37.8 Å². The largest absolute Gasteiger partial charge is 0.492 e. The molecule has 0 saturated carbocycles. The van der Waals surface area contributed by atoms with Crippen molar-refractivity contribution in [3.63, 3.8) is 0 Å². The molecule has 1 amide bonds. The molecule has 14 heteroatoms. The highest BCUT2D eigenvalue weighted by Crippen LogP contribution is 2.40. The molecule has 1 aliphatic heterocycles. The molecule has 1 fully saturated rings. The Morgan fingerprint density at radius 1 is 1.07 bits per heavy atom. The third-order valence-corrected chi connectivity index (χ3v) is 7.66. The van der Waals surface area contributed by atoms with Crippen molar-refractivity contribution in [2.45, 2.75) is 26.2 Å². The van der Waals surface area contributed by atoms with Crippen LogP contribution in [0.25, 0.3) is 10.9 Å². The third-order valence-electron chi connectivity index (χ3n) is 7.07. The maximum absolute atomic E-state index is 13.7. The van der Waals surface area contributed by atoms with E-state index in [0.717, 1.165) is 17.2 Å². The van der Waals surface area contributed by atoms with E-state index in [-0.39, 0.29) is 16.9 Å². The van der Waals surface area contributed by atoms with Crippen LogP contribution in [0.15, 0.2) is 48.7 Å². The number of anilines is 3. The topological polar surface area (TPSA) is 149 Å². The number of hydrogen-bond acceptors (Lipinski definition) is 10.